The molecule has 0 aliphatic heterocycles. The fourth-order valence-corrected chi connectivity index (χ4v) is 1.79. The van der Waals surface area contributed by atoms with Gasteiger partial charge in [-0.1, -0.05) is 0 Å². The smallest absolute Gasteiger partial charge is 0.335 e. The molecule has 0 heterocycles. The van der Waals surface area contributed by atoms with Crippen LogP contribution in [0.15, 0.2) is 48.5 Å². The third-order valence-electron chi connectivity index (χ3n) is 2.96. The van der Waals surface area contributed by atoms with Gasteiger partial charge in [0.2, 0.25) is 5.91 Å². The molecule has 2 aromatic rings. The predicted octanol–water partition coefficient (Wildman–Crippen LogP) is 2.44. The molecule has 0 aliphatic rings. The third kappa shape index (κ3) is 4.24. The lowest BCUT2D eigenvalue weighted by atomic mass is 10.2. The highest BCUT2D eigenvalue weighted by molar-refractivity contribution is 5.94. The quantitative estimate of drug-likeness (QED) is 0.762. The van der Waals surface area contributed by atoms with E-state index >= 15 is 0 Å². The van der Waals surface area contributed by atoms with Crippen LogP contribution in [-0.2, 0) is 4.79 Å². The Morgan fingerprint density at radius 2 is 1.59 bits per heavy atom. The van der Waals surface area contributed by atoms with E-state index in [0.717, 1.165) is 11.4 Å². The van der Waals surface area contributed by atoms with Crippen molar-refractivity contribution in [3.05, 3.63) is 54.1 Å². The minimum absolute atomic E-state index is 0.104. The maximum Gasteiger partial charge on any atom is 0.335 e. The average molecular weight is 300 g/mol. The van der Waals surface area contributed by atoms with Gasteiger partial charge in [-0.2, -0.15) is 0 Å². The number of ether oxygens (including phenoxy) is 1. The first-order valence-corrected chi connectivity index (χ1v) is 6.59. The van der Waals surface area contributed by atoms with Gasteiger partial charge in [-0.25, -0.2) is 4.79 Å². The molecule has 0 radical (unpaired) electrons. The highest BCUT2D eigenvalue weighted by atomic mass is 16.5. The van der Waals surface area contributed by atoms with Crippen molar-refractivity contribution < 1.29 is 19.4 Å². The molecule has 0 aliphatic carbocycles. The summed E-state index contributed by atoms with van der Waals surface area (Å²) in [6.45, 7) is 0.104. The first-order valence-electron chi connectivity index (χ1n) is 6.59. The molecule has 6 nitrogen and oxygen atoms in total. The highest BCUT2D eigenvalue weighted by Crippen LogP contribution is 2.15. The summed E-state index contributed by atoms with van der Waals surface area (Å²) in [7, 11) is 1.59. The molecule has 0 spiro atoms. The Hall–Kier alpha value is -3.02. The summed E-state index contributed by atoms with van der Waals surface area (Å²) < 4.78 is 5.05. The number of carbonyl (C=O) groups is 2. The molecule has 6 heteroatoms. The summed E-state index contributed by atoms with van der Waals surface area (Å²) in [6, 6.07) is 13.2. The molecule has 0 bridgehead atoms. The standard InChI is InChI=1S/C16H16N2O4/c1-22-14-8-6-12(7-9-14)17-10-15(19)18-13-4-2-11(3-5-13)16(20)21/h2-9,17H,10H2,1H3,(H,18,19)(H,20,21). The molecule has 0 unspecified atom stereocenters. The SMILES string of the molecule is COc1ccc(NCC(=O)Nc2ccc(C(=O)O)cc2)cc1. The summed E-state index contributed by atoms with van der Waals surface area (Å²) in [5.41, 5.74) is 1.53. The van der Waals surface area contributed by atoms with E-state index in [1.54, 1.807) is 31.4 Å². The van der Waals surface area contributed by atoms with Crippen LogP contribution in [0.4, 0.5) is 11.4 Å². The summed E-state index contributed by atoms with van der Waals surface area (Å²) in [6.07, 6.45) is 0. The first kappa shape index (κ1) is 15.4. The predicted molar refractivity (Wildman–Crippen MR) is 83.5 cm³/mol. The van der Waals surface area contributed by atoms with E-state index < -0.39 is 5.97 Å². The van der Waals surface area contributed by atoms with Crippen molar-refractivity contribution in [2.45, 2.75) is 0 Å². The van der Waals surface area contributed by atoms with Gasteiger partial charge >= 0.3 is 5.97 Å². The van der Waals surface area contributed by atoms with E-state index in [1.165, 1.54) is 12.1 Å². The zero-order valence-electron chi connectivity index (χ0n) is 12.0. The van der Waals surface area contributed by atoms with Crippen LogP contribution >= 0.6 is 0 Å². The van der Waals surface area contributed by atoms with E-state index in [0.29, 0.717) is 5.69 Å². The van der Waals surface area contributed by atoms with Crippen molar-refractivity contribution in [2.24, 2.45) is 0 Å². The molecule has 0 aromatic heterocycles. The molecule has 2 aromatic carbocycles. The molecule has 114 valence electrons. The van der Waals surface area contributed by atoms with Gasteiger partial charge in [0.05, 0.1) is 19.2 Å². The first-order chi connectivity index (χ1) is 10.6. The van der Waals surface area contributed by atoms with Crippen LogP contribution < -0.4 is 15.4 Å². The van der Waals surface area contributed by atoms with Gasteiger partial charge in [-0.3, -0.25) is 4.79 Å². The van der Waals surface area contributed by atoms with E-state index in [-0.39, 0.29) is 18.0 Å². The normalized spacial score (nSPS) is 9.86. The van der Waals surface area contributed by atoms with E-state index in [1.807, 2.05) is 12.1 Å². The second-order valence-electron chi connectivity index (χ2n) is 4.51. The fourth-order valence-electron chi connectivity index (χ4n) is 1.79. The van der Waals surface area contributed by atoms with Crippen LogP contribution in [0.2, 0.25) is 0 Å². The van der Waals surface area contributed by atoms with Gasteiger partial charge in [0.1, 0.15) is 5.75 Å². The van der Waals surface area contributed by atoms with E-state index in [9.17, 15) is 9.59 Å². The largest absolute Gasteiger partial charge is 0.497 e. The van der Waals surface area contributed by atoms with Gasteiger partial charge in [0, 0.05) is 11.4 Å². The Morgan fingerprint density at radius 1 is 1.00 bits per heavy atom. The molecular formula is C16H16N2O4. The fraction of sp³-hybridized carbons (Fsp3) is 0.125. The van der Waals surface area contributed by atoms with Crippen molar-refractivity contribution in [3.63, 3.8) is 0 Å². The van der Waals surface area contributed by atoms with Crippen molar-refractivity contribution in [3.8, 4) is 5.75 Å². The minimum Gasteiger partial charge on any atom is -0.497 e. The molecular weight excluding hydrogens is 284 g/mol. The number of carboxylic acid groups (broad SMARTS) is 1. The number of hydrogen-bond donors (Lipinski definition) is 3. The molecule has 2 rings (SSSR count). The minimum atomic E-state index is -1.00. The Labute approximate surface area is 127 Å². The van der Waals surface area contributed by atoms with Crippen molar-refractivity contribution in [1.29, 1.82) is 0 Å². The number of amides is 1. The number of hydrogen-bond acceptors (Lipinski definition) is 4. The summed E-state index contributed by atoms with van der Waals surface area (Å²) in [5, 5.41) is 14.5. The molecule has 22 heavy (non-hydrogen) atoms. The summed E-state index contributed by atoms with van der Waals surface area (Å²) in [5.74, 6) is -0.480. The number of rotatable bonds is 6. The number of methoxy groups -OCH3 is 1. The monoisotopic (exact) mass is 300 g/mol. The van der Waals surface area contributed by atoms with Crippen LogP contribution in [-0.4, -0.2) is 30.6 Å². The number of aromatic carboxylic acids is 1. The van der Waals surface area contributed by atoms with Crippen LogP contribution in [0.25, 0.3) is 0 Å². The van der Waals surface area contributed by atoms with Gasteiger partial charge in [-0.15, -0.1) is 0 Å². The maximum absolute atomic E-state index is 11.8. The Morgan fingerprint density at radius 3 is 2.14 bits per heavy atom. The van der Waals surface area contributed by atoms with Crippen molar-refractivity contribution >= 4 is 23.3 Å². The number of benzene rings is 2. The lowest BCUT2D eigenvalue weighted by Gasteiger charge is -2.08. The zero-order chi connectivity index (χ0) is 15.9. The van der Waals surface area contributed by atoms with Crippen molar-refractivity contribution in [2.75, 3.05) is 24.3 Å². The summed E-state index contributed by atoms with van der Waals surface area (Å²) >= 11 is 0. The second kappa shape index (κ2) is 7.12. The molecule has 0 atom stereocenters. The van der Waals surface area contributed by atoms with Gasteiger partial charge in [0.25, 0.3) is 0 Å². The third-order valence-corrected chi connectivity index (χ3v) is 2.96. The Balaban J connectivity index is 1.85. The Bertz CT molecular complexity index is 651. The van der Waals surface area contributed by atoms with Crippen LogP contribution in [0.5, 0.6) is 5.75 Å². The number of anilines is 2. The van der Waals surface area contributed by atoms with Gasteiger partial charge in [-0.05, 0) is 48.5 Å². The van der Waals surface area contributed by atoms with E-state index in [2.05, 4.69) is 10.6 Å². The van der Waals surface area contributed by atoms with Crippen LogP contribution in [0.3, 0.4) is 0 Å². The topological polar surface area (TPSA) is 87.7 Å². The average Bonchev–Trinajstić information content (AvgIpc) is 2.54. The van der Waals surface area contributed by atoms with Gasteiger partial charge < -0.3 is 20.5 Å². The maximum atomic E-state index is 11.8. The molecule has 0 fully saturated rings. The van der Waals surface area contributed by atoms with Crippen molar-refractivity contribution in [1.82, 2.24) is 0 Å². The van der Waals surface area contributed by atoms with Crippen LogP contribution in [0, 0.1) is 0 Å². The molecule has 0 saturated carbocycles. The lowest BCUT2D eigenvalue weighted by molar-refractivity contribution is -0.114. The Kier molecular flexibility index (Phi) is 4.98. The van der Waals surface area contributed by atoms with E-state index in [4.69, 9.17) is 9.84 Å². The molecule has 0 saturated heterocycles. The number of carbonyl (C=O) groups excluding carboxylic acids is 1. The number of carboxylic acids is 1. The molecule has 3 N–H and O–H groups in total. The second-order valence-corrected chi connectivity index (χ2v) is 4.51. The summed E-state index contributed by atoms with van der Waals surface area (Å²) in [4.78, 5) is 22.5. The highest BCUT2D eigenvalue weighted by Gasteiger charge is 2.05. The number of nitrogens with one attached hydrogen (secondary N) is 2. The van der Waals surface area contributed by atoms with Crippen LogP contribution in [0.1, 0.15) is 10.4 Å². The molecule has 1 amide bonds. The lowest BCUT2D eigenvalue weighted by Crippen LogP contribution is -2.21. The van der Waals surface area contributed by atoms with Gasteiger partial charge in [0.15, 0.2) is 0 Å². The zero-order valence-corrected chi connectivity index (χ0v) is 12.0.